The van der Waals surface area contributed by atoms with E-state index in [1.807, 2.05) is 0 Å². The second-order valence-corrected chi connectivity index (χ2v) is 2.72. The van der Waals surface area contributed by atoms with Crippen LogP contribution in [0.5, 0.6) is 0 Å². The van der Waals surface area contributed by atoms with E-state index in [2.05, 4.69) is 11.9 Å². The number of nitrogens with one attached hydrogen (secondary N) is 1. The first-order chi connectivity index (χ1) is 4.34. The van der Waals surface area contributed by atoms with Crippen molar-refractivity contribution in [2.45, 2.75) is 25.3 Å². The van der Waals surface area contributed by atoms with Gasteiger partial charge in [-0.1, -0.05) is 0 Å². The summed E-state index contributed by atoms with van der Waals surface area (Å²) in [7, 11) is 2.14. The van der Waals surface area contributed by atoms with Crippen molar-refractivity contribution in [1.29, 1.82) is 5.41 Å². The molecule has 0 amide bonds. The Kier molecular flexibility index (Phi) is 2.22. The van der Waals surface area contributed by atoms with Crippen molar-refractivity contribution in [3.8, 4) is 0 Å². The standard InChI is InChI=1S/C7H14N2/c1-9-6-2-3-7(9)4-5-8/h5,7-8H,2-4,6H2,1H3. The van der Waals surface area contributed by atoms with E-state index < -0.39 is 0 Å². The van der Waals surface area contributed by atoms with Crippen molar-refractivity contribution in [1.82, 2.24) is 4.90 Å². The van der Waals surface area contributed by atoms with Gasteiger partial charge in [0.25, 0.3) is 0 Å². The Labute approximate surface area is 56.4 Å². The third-order valence-corrected chi connectivity index (χ3v) is 2.06. The summed E-state index contributed by atoms with van der Waals surface area (Å²) >= 11 is 0. The minimum absolute atomic E-state index is 0.669. The van der Waals surface area contributed by atoms with Crippen molar-refractivity contribution in [2.75, 3.05) is 13.6 Å². The smallest absolute Gasteiger partial charge is 0.0142 e. The van der Waals surface area contributed by atoms with Gasteiger partial charge in [0.2, 0.25) is 0 Å². The average molecular weight is 126 g/mol. The third-order valence-electron chi connectivity index (χ3n) is 2.06. The molecule has 2 heteroatoms. The third kappa shape index (κ3) is 1.52. The lowest BCUT2D eigenvalue weighted by Gasteiger charge is -2.16. The molecule has 1 aliphatic heterocycles. The average Bonchev–Trinajstić information content (AvgIpc) is 2.18. The van der Waals surface area contributed by atoms with Crippen molar-refractivity contribution in [3.63, 3.8) is 0 Å². The Hall–Kier alpha value is -0.370. The molecule has 0 radical (unpaired) electrons. The molecule has 9 heavy (non-hydrogen) atoms. The highest BCUT2D eigenvalue weighted by molar-refractivity contribution is 5.53. The van der Waals surface area contributed by atoms with Gasteiger partial charge in [-0.3, -0.25) is 0 Å². The van der Waals surface area contributed by atoms with Gasteiger partial charge in [0.15, 0.2) is 0 Å². The van der Waals surface area contributed by atoms with E-state index in [9.17, 15) is 0 Å². The Morgan fingerprint density at radius 2 is 2.56 bits per heavy atom. The second kappa shape index (κ2) is 2.97. The summed E-state index contributed by atoms with van der Waals surface area (Å²) in [6.07, 6.45) is 5.06. The molecule has 1 rings (SSSR count). The predicted molar refractivity (Wildman–Crippen MR) is 39.1 cm³/mol. The van der Waals surface area contributed by atoms with E-state index in [1.165, 1.54) is 25.6 Å². The lowest BCUT2D eigenvalue weighted by molar-refractivity contribution is 0.319. The van der Waals surface area contributed by atoms with Crippen LogP contribution in [-0.4, -0.2) is 30.7 Å². The van der Waals surface area contributed by atoms with Gasteiger partial charge in [-0.05, 0) is 39.1 Å². The highest BCUT2D eigenvalue weighted by atomic mass is 15.1. The van der Waals surface area contributed by atoms with Gasteiger partial charge in [-0.25, -0.2) is 0 Å². The second-order valence-electron chi connectivity index (χ2n) is 2.72. The monoisotopic (exact) mass is 126 g/mol. The van der Waals surface area contributed by atoms with Crippen LogP contribution in [-0.2, 0) is 0 Å². The maximum Gasteiger partial charge on any atom is 0.0142 e. The summed E-state index contributed by atoms with van der Waals surface area (Å²) in [5, 5.41) is 6.91. The first-order valence-corrected chi connectivity index (χ1v) is 3.54. The fraction of sp³-hybridized carbons (Fsp3) is 0.857. The molecule has 52 valence electrons. The largest absolute Gasteiger partial charge is 0.313 e. The maximum absolute atomic E-state index is 6.91. The zero-order chi connectivity index (χ0) is 6.69. The van der Waals surface area contributed by atoms with E-state index in [0.717, 1.165) is 6.42 Å². The van der Waals surface area contributed by atoms with E-state index in [4.69, 9.17) is 5.41 Å². The molecule has 1 saturated heterocycles. The van der Waals surface area contributed by atoms with Crippen molar-refractivity contribution in [2.24, 2.45) is 0 Å². The van der Waals surface area contributed by atoms with E-state index in [0.29, 0.717) is 6.04 Å². The molecule has 0 saturated carbocycles. The first kappa shape index (κ1) is 6.75. The fourth-order valence-electron chi connectivity index (χ4n) is 1.41. The number of hydrogen-bond acceptors (Lipinski definition) is 2. The summed E-state index contributed by atoms with van der Waals surface area (Å²) in [5.74, 6) is 0. The van der Waals surface area contributed by atoms with Crippen molar-refractivity contribution < 1.29 is 0 Å². The van der Waals surface area contributed by atoms with Crippen LogP contribution in [0.1, 0.15) is 19.3 Å². The Bertz CT molecular complexity index is 101. The summed E-state index contributed by atoms with van der Waals surface area (Å²) < 4.78 is 0. The molecule has 0 aromatic carbocycles. The number of rotatable bonds is 2. The molecular weight excluding hydrogens is 112 g/mol. The molecule has 0 aliphatic carbocycles. The quantitative estimate of drug-likeness (QED) is 0.551. The highest BCUT2D eigenvalue weighted by Gasteiger charge is 2.18. The topological polar surface area (TPSA) is 27.1 Å². The van der Waals surface area contributed by atoms with Crippen molar-refractivity contribution >= 4 is 6.21 Å². The van der Waals surface area contributed by atoms with E-state index in [1.54, 1.807) is 0 Å². The number of likely N-dealkylation sites (tertiary alicyclic amines) is 1. The maximum atomic E-state index is 6.91. The first-order valence-electron chi connectivity index (χ1n) is 3.54. The molecule has 1 N–H and O–H groups in total. The summed E-state index contributed by atoms with van der Waals surface area (Å²) in [6.45, 7) is 1.22. The SMILES string of the molecule is CN1CCCC1CC=N. The van der Waals surface area contributed by atoms with Crippen LogP contribution in [0.4, 0.5) is 0 Å². The van der Waals surface area contributed by atoms with E-state index >= 15 is 0 Å². The van der Waals surface area contributed by atoms with Crippen LogP contribution in [0.2, 0.25) is 0 Å². The fourth-order valence-corrected chi connectivity index (χ4v) is 1.41. The predicted octanol–water partition coefficient (Wildman–Crippen LogP) is 1.12. The molecule has 1 fully saturated rings. The Morgan fingerprint density at radius 3 is 3.00 bits per heavy atom. The normalized spacial score (nSPS) is 28.8. The van der Waals surface area contributed by atoms with Gasteiger partial charge in [-0.15, -0.1) is 0 Å². The molecule has 2 nitrogen and oxygen atoms in total. The lowest BCUT2D eigenvalue weighted by atomic mass is 10.2. The molecule has 1 aliphatic rings. The molecule has 0 bridgehead atoms. The van der Waals surface area contributed by atoms with E-state index in [-0.39, 0.29) is 0 Å². The zero-order valence-electron chi connectivity index (χ0n) is 5.93. The molecule has 0 spiro atoms. The molecule has 1 unspecified atom stereocenters. The van der Waals surface area contributed by atoms with Gasteiger partial charge in [0, 0.05) is 6.04 Å². The molecule has 0 aromatic heterocycles. The summed E-state index contributed by atoms with van der Waals surface area (Å²) in [4.78, 5) is 2.34. The Morgan fingerprint density at radius 1 is 1.78 bits per heavy atom. The van der Waals surface area contributed by atoms with Crippen molar-refractivity contribution in [3.05, 3.63) is 0 Å². The Balaban J connectivity index is 2.30. The molecule has 1 heterocycles. The summed E-state index contributed by atoms with van der Waals surface area (Å²) in [5.41, 5.74) is 0. The minimum atomic E-state index is 0.669. The highest BCUT2D eigenvalue weighted by Crippen LogP contribution is 2.15. The van der Waals surface area contributed by atoms with Gasteiger partial charge in [0.1, 0.15) is 0 Å². The van der Waals surface area contributed by atoms with Gasteiger partial charge in [0.05, 0.1) is 0 Å². The molecule has 1 atom stereocenters. The number of nitrogens with zero attached hydrogens (tertiary/aromatic N) is 1. The van der Waals surface area contributed by atoms with Gasteiger partial charge < -0.3 is 10.3 Å². The van der Waals surface area contributed by atoms with Crippen LogP contribution in [0, 0.1) is 5.41 Å². The summed E-state index contributed by atoms with van der Waals surface area (Å²) in [6, 6.07) is 0.669. The molecular formula is C7H14N2. The van der Waals surface area contributed by atoms with Crippen LogP contribution in [0.3, 0.4) is 0 Å². The van der Waals surface area contributed by atoms with Crippen LogP contribution in [0.15, 0.2) is 0 Å². The van der Waals surface area contributed by atoms with Crippen LogP contribution in [0.25, 0.3) is 0 Å². The minimum Gasteiger partial charge on any atom is -0.313 e. The zero-order valence-corrected chi connectivity index (χ0v) is 5.93. The molecule has 0 aromatic rings. The lowest BCUT2D eigenvalue weighted by Crippen LogP contribution is -2.24. The van der Waals surface area contributed by atoms with Gasteiger partial charge >= 0.3 is 0 Å². The number of hydrogen-bond donors (Lipinski definition) is 1. The van der Waals surface area contributed by atoms with Crippen LogP contribution < -0.4 is 0 Å². The van der Waals surface area contributed by atoms with Crippen LogP contribution >= 0.6 is 0 Å². The van der Waals surface area contributed by atoms with Gasteiger partial charge in [-0.2, -0.15) is 0 Å².